The third-order valence-electron chi connectivity index (χ3n) is 4.06. The number of rotatable bonds is 5. The van der Waals surface area contributed by atoms with Gasteiger partial charge in [-0.3, -0.25) is 5.10 Å². The van der Waals surface area contributed by atoms with E-state index >= 15 is 0 Å². The molecule has 1 aromatic heterocycles. The molecule has 0 aliphatic heterocycles. The molecule has 9 heteroatoms. The minimum atomic E-state index is -4.50. The van der Waals surface area contributed by atoms with Gasteiger partial charge in [0, 0.05) is 11.3 Å². The average Bonchev–Trinajstić information content (AvgIpc) is 3.07. The largest absolute Gasteiger partial charge is 0.457 e. The highest BCUT2D eigenvalue weighted by molar-refractivity contribution is 7.91. The fourth-order valence-corrected chi connectivity index (χ4v) is 3.48. The number of sulfone groups is 1. The number of H-pyrrole nitrogens is 1. The number of aromatic nitrogens is 2. The molecule has 3 aromatic rings. The number of nitrogens with zero attached hydrogens (tertiary/aromatic N) is 1. The maximum absolute atomic E-state index is 12.9. The number of alkyl halides is 3. The Kier molecular flexibility index (Phi) is 5.20. The molecule has 0 saturated carbocycles. The third kappa shape index (κ3) is 4.19. The number of aryl methyl sites for hydroxylation is 1. The lowest BCUT2D eigenvalue weighted by Crippen LogP contribution is -2.05. The molecule has 148 valence electrons. The van der Waals surface area contributed by atoms with E-state index in [4.69, 9.17) is 4.74 Å². The number of nitrogens with one attached hydrogen (secondary N) is 1. The van der Waals surface area contributed by atoms with Crippen LogP contribution < -0.4 is 4.74 Å². The summed E-state index contributed by atoms with van der Waals surface area (Å²) in [5.74, 6) is 0.0927. The summed E-state index contributed by atoms with van der Waals surface area (Å²) in [5, 5.41) is 6.87. The van der Waals surface area contributed by atoms with Crippen LogP contribution in [0.3, 0.4) is 0 Å². The molecular weight excluding hydrogens is 393 g/mol. The highest BCUT2D eigenvalue weighted by Gasteiger charge is 2.30. The fourth-order valence-electron chi connectivity index (χ4n) is 2.58. The van der Waals surface area contributed by atoms with Crippen molar-refractivity contribution in [2.24, 2.45) is 0 Å². The van der Waals surface area contributed by atoms with Crippen molar-refractivity contribution >= 4 is 9.84 Å². The van der Waals surface area contributed by atoms with Crippen LogP contribution in [0.2, 0.25) is 0 Å². The highest BCUT2D eigenvalue weighted by atomic mass is 32.2. The predicted molar refractivity (Wildman–Crippen MR) is 98.0 cm³/mol. The van der Waals surface area contributed by atoms with Crippen LogP contribution in [-0.4, -0.2) is 24.4 Å². The lowest BCUT2D eigenvalue weighted by Gasteiger charge is -2.13. The lowest BCUT2D eigenvalue weighted by atomic mass is 10.1. The second-order valence-electron chi connectivity index (χ2n) is 6.13. The molecule has 0 bridgehead atoms. The Morgan fingerprint density at radius 3 is 2.46 bits per heavy atom. The van der Waals surface area contributed by atoms with Crippen molar-refractivity contribution in [1.29, 1.82) is 0 Å². The molecule has 0 atom stereocenters. The predicted octanol–water partition coefficient (Wildman–Crippen LogP) is 4.99. The van der Waals surface area contributed by atoms with E-state index in [0.717, 1.165) is 17.8 Å². The van der Waals surface area contributed by atoms with Gasteiger partial charge in [0.25, 0.3) is 0 Å². The van der Waals surface area contributed by atoms with Crippen molar-refractivity contribution in [3.05, 3.63) is 59.8 Å². The summed E-state index contributed by atoms with van der Waals surface area (Å²) >= 11 is 0. The third-order valence-corrected chi connectivity index (χ3v) is 5.79. The zero-order valence-electron chi connectivity index (χ0n) is 15.0. The first-order chi connectivity index (χ1) is 13.1. The maximum atomic E-state index is 12.9. The summed E-state index contributed by atoms with van der Waals surface area (Å²) in [6.45, 7) is 3.30. The van der Waals surface area contributed by atoms with E-state index in [9.17, 15) is 21.6 Å². The summed E-state index contributed by atoms with van der Waals surface area (Å²) in [6, 6.07) is 10.4. The zero-order valence-corrected chi connectivity index (χ0v) is 15.9. The molecule has 0 radical (unpaired) electrons. The number of aromatic amines is 1. The second kappa shape index (κ2) is 7.31. The number of hydrogen-bond donors (Lipinski definition) is 1. The Bertz CT molecular complexity index is 1110. The van der Waals surface area contributed by atoms with Crippen molar-refractivity contribution in [3.63, 3.8) is 0 Å². The Hall–Kier alpha value is -2.81. The quantitative estimate of drug-likeness (QED) is 0.643. The number of halogens is 3. The molecular formula is C19H17F3N2O3S. The standard InChI is InChI=1S/C19H17F3N2O3S/c1-3-28(25,26)15-7-8-18(16(11-15)17-9-12(2)23-24-17)27-14-6-4-5-13(10-14)19(20,21)22/h4-11H,3H2,1-2H3,(H,23,24). The highest BCUT2D eigenvalue weighted by Crippen LogP contribution is 2.37. The second-order valence-corrected chi connectivity index (χ2v) is 8.40. The molecule has 1 N–H and O–H groups in total. The molecule has 2 aromatic carbocycles. The van der Waals surface area contributed by atoms with Crippen LogP contribution in [0.25, 0.3) is 11.3 Å². The van der Waals surface area contributed by atoms with Crippen LogP contribution >= 0.6 is 0 Å². The molecule has 0 fully saturated rings. The van der Waals surface area contributed by atoms with E-state index in [-0.39, 0.29) is 22.1 Å². The van der Waals surface area contributed by atoms with Gasteiger partial charge in [-0.05, 0) is 49.4 Å². The molecule has 3 rings (SSSR count). The van der Waals surface area contributed by atoms with Crippen LogP contribution in [0.4, 0.5) is 13.2 Å². The Morgan fingerprint density at radius 2 is 1.86 bits per heavy atom. The van der Waals surface area contributed by atoms with Gasteiger partial charge in [0.15, 0.2) is 9.84 Å². The van der Waals surface area contributed by atoms with Gasteiger partial charge in [0.1, 0.15) is 11.5 Å². The van der Waals surface area contributed by atoms with Crippen LogP contribution in [0.5, 0.6) is 11.5 Å². The Labute approximate surface area is 160 Å². The molecule has 1 heterocycles. The van der Waals surface area contributed by atoms with Crippen LogP contribution in [0.15, 0.2) is 53.4 Å². The molecule has 0 saturated heterocycles. The summed E-state index contributed by atoms with van der Waals surface area (Å²) in [4.78, 5) is 0.0852. The summed E-state index contributed by atoms with van der Waals surface area (Å²) in [5.41, 5.74) is 0.681. The average molecular weight is 410 g/mol. The first-order valence-electron chi connectivity index (χ1n) is 8.34. The van der Waals surface area contributed by atoms with Crippen molar-refractivity contribution in [2.75, 3.05) is 5.75 Å². The van der Waals surface area contributed by atoms with Crippen LogP contribution in [-0.2, 0) is 16.0 Å². The van der Waals surface area contributed by atoms with Gasteiger partial charge in [-0.1, -0.05) is 13.0 Å². The molecule has 28 heavy (non-hydrogen) atoms. The number of hydrogen-bond acceptors (Lipinski definition) is 4. The summed E-state index contributed by atoms with van der Waals surface area (Å²) < 4.78 is 68.9. The van der Waals surface area contributed by atoms with Gasteiger partial charge in [-0.2, -0.15) is 18.3 Å². The van der Waals surface area contributed by atoms with E-state index in [0.29, 0.717) is 11.3 Å². The number of benzene rings is 2. The minimum Gasteiger partial charge on any atom is -0.457 e. The van der Waals surface area contributed by atoms with Crippen molar-refractivity contribution in [2.45, 2.75) is 24.9 Å². The molecule has 0 unspecified atom stereocenters. The van der Waals surface area contributed by atoms with E-state index < -0.39 is 21.6 Å². The topological polar surface area (TPSA) is 72.1 Å². The fraction of sp³-hybridized carbons (Fsp3) is 0.211. The van der Waals surface area contributed by atoms with Crippen molar-refractivity contribution in [1.82, 2.24) is 10.2 Å². The normalized spacial score (nSPS) is 12.2. The lowest BCUT2D eigenvalue weighted by molar-refractivity contribution is -0.137. The summed E-state index contributed by atoms with van der Waals surface area (Å²) in [7, 11) is -3.48. The number of ether oxygens (including phenoxy) is 1. The summed E-state index contributed by atoms with van der Waals surface area (Å²) in [6.07, 6.45) is -4.50. The van der Waals surface area contributed by atoms with Crippen LogP contribution in [0, 0.1) is 6.92 Å². The van der Waals surface area contributed by atoms with Gasteiger partial charge in [0.2, 0.25) is 0 Å². The van der Waals surface area contributed by atoms with E-state index in [1.54, 1.807) is 13.0 Å². The Morgan fingerprint density at radius 1 is 1.11 bits per heavy atom. The molecule has 0 amide bonds. The van der Waals surface area contributed by atoms with Crippen molar-refractivity contribution in [3.8, 4) is 22.8 Å². The van der Waals surface area contributed by atoms with E-state index in [2.05, 4.69) is 10.2 Å². The first-order valence-corrected chi connectivity index (χ1v) is 9.99. The minimum absolute atomic E-state index is 0.0190. The zero-order chi connectivity index (χ0) is 20.5. The molecule has 0 aliphatic carbocycles. The van der Waals surface area contributed by atoms with Gasteiger partial charge < -0.3 is 4.74 Å². The van der Waals surface area contributed by atoms with Gasteiger partial charge in [0.05, 0.1) is 21.9 Å². The smallest absolute Gasteiger partial charge is 0.416 e. The van der Waals surface area contributed by atoms with Crippen LogP contribution in [0.1, 0.15) is 18.2 Å². The molecule has 0 spiro atoms. The van der Waals surface area contributed by atoms with Gasteiger partial charge in [-0.25, -0.2) is 8.42 Å². The van der Waals surface area contributed by atoms with Gasteiger partial charge in [-0.15, -0.1) is 0 Å². The monoisotopic (exact) mass is 410 g/mol. The molecule has 5 nitrogen and oxygen atoms in total. The Balaban J connectivity index is 2.08. The van der Waals surface area contributed by atoms with Crippen molar-refractivity contribution < 1.29 is 26.3 Å². The van der Waals surface area contributed by atoms with E-state index in [1.807, 2.05) is 0 Å². The van der Waals surface area contributed by atoms with Gasteiger partial charge >= 0.3 is 6.18 Å². The first kappa shape index (κ1) is 19.9. The molecule has 0 aliphatic rings. The van der Waals surface area contributed by atoms with E-state index in [1.165, 1.54) is 37.3 Å². The SMILES string of the molecule is CCS(=O)(=O)c1ccc(Oc2cccc(C(F)(F)F)c2)c(-c2cc(C)[nH]n2)c1. The maximum Gasteiger partial charge on any atom is 0.416 e.